The van der Waals surface area contributed by atoms with Crippen LogP contribution in [0.25, 0.3) is 21.9 Å². The number of rotatable bonds is 3. The molecule has 1 amide bonds. The number of amides is 1. The number of H-pyrrole nitrogens is 1. The average molecular weight is 376 g/mol. The zero-order chi connectivity index (χ0) is 19.0. The number of pyridine rings is 2. The lowest BCUT2D eigenvalue weighted by molar-refractivity contribution is -0.149. The standard InChI is InChI=1S/C19H19F3N4O/c20-19(21,22)6-1-16(27)26-9-4-12(5-10-26)13-2-7-23-15-11-25-18-14(17(13)15)3-8-24-18/h2-3,7-8,11-12H,1,4-6,9-10H2,(H,24,25). The van der Waals surface area contributed by atoms with Crippen molar-refractivity contribution in [3.05, 3.63) is 36.3 Å². The number of hydrogen-bond acceptors (Lipinski definition) is 3. The van der Waals surface area contributed by atoms with Gasteiger partial charge in [0.05, 0.1) is 18.1 Å². The number of carbonyl (C=O) groups excluding carboxylic acids is 1. The Morgan fingerprint density at radius 3 is 2.74 bits per heavy atom. The first-order valence-electron chi connectivity index (χ1n) is 8.97. The molecule has 8 heteroatoms. The highest BCUT2D eigenvalue weighted by Crippen LogP contribution is 2.35. The molecule has 0 spiro atoms. The Balaban J connectivity index is 1.52. The van der Waals surface area contributed by atoms with Crippen LogP contribution in [0.5, 0.6) is 0 Å². The number of alkyl halides is 3. The second-order valence-corrected chi connectivity index (χ2v) is 6.93. The van der Waals surface area contributed by atoms with E-state index in [9.17, 15) is 18.0 Å². The highest BCUT2D eigenvalue weighted by atomic mass is 19.4. The monoisotopic (exact) mass is 376 g/mol. The van der Waals surface area contributed by atoms with Crippen LogP contribution < -0.4 is 0 Å². The third-order valence-electron chi connectivity index (χ3n) is 5.23. The summed E-state index contributed by atoms with van der Waals surface area (Å²) in [6.07, 6.45) is 0.985. The summed E-state index contributed by atoms with van der Waals surface area (Å²) in [6.45, 7) is 0.957. The van der Waals surface area contributed by atoms with Crippen molar-refractivity contribution in [2.24, 2.45) is 0 Å². The average Bonchev–Trinajstić information content (AvgIpc) is 3.14. The summed E-state index contributed by atoms with van der Waals surface area (Å²) in [6, 6.07) is 3.98. The highest BCUT2D eigenvalue weighted by molar-refractivity contribution is 6.05. The van der Waals surface area contributed by atoms with Gasteiger partial charge in [-0.2, -0.15) is 13.2 Å². The second-order valence-electron chi connectivity index (χ2n) is 6.93. The Labute approximate surface area is 153 Å². The molecule has 0 aliphatic carbocycles. The number of carbonyl (C=O) groups is 1. The molecule has 0 bridgehead atoms. The van der Waals surface area contributed by atoms with Gasteiger partial charge in [0.25, 0.3) is 0 Å². The Bertz CT molecular complexity index is 974. The van der Waals surface area contributed by atoms with Gasteiger partial charge in [-0.1, -0.05) is 0 Å². The molecule has 0 atom stereocenters. The second kappa shape index (κ2) is 6.83. The van der Waals surface area contributed by atoms with E-state index in [-0.39, 0.29) is 5.92 Å². The topological polar surface area (TPSA) is 61.9 Å². The minimum atomic E-state index is -4.29. The minimum Gasteiger partial charge on any atom is -0.346 e. The van der Waals surface area contributed by atoms with Crippen LogP contribution in [-0.4, -0.2) is 45.0 Å². The first-order valence-corrected chi connectivity index (χ1v) is 8.97. The number of hydrogen-bond donors (Lipinski definition) is 1. The molecule has 1 fully saturated rings. The van der Waals surface area contributed by atoms with Crippen molar-refractivity contribution in [2.45, 2.75) is 37.8 Å². The number of piperidine rings is 1. The molecule has 0 saturated carbocycles. The van der Waals surface area contributed by atoms with E-state index in [4.69, 9.17) is 0 Å². The number of halogens is 3. The van der Waals surface area contributed by atoms with Gasteiger partial charge in [0.15, 0.2) is 0 Å². The van der Waals surface area contributed by atoms with Gasteiger partial charge >= 0.3 is 6.18 Å². The molecule has 0 unspecified atom stereocenters. The first-order chi connectivity index (χ1) is 12.9. The number of nitrogens with zero attached hydrogens (tertiary/aromatic N) is 3. The molecule has 0 radical (unpaired) electrons. The van der Waals surface area contributed by atoms with E-state index in [0.29, 0.717) is 13.1 Å². The van der Waals surface area contributed by atoms with Crippen LogP contribution in [0.4, 0.5) is 13.2 Å². The lowest BCUT2D eigenvalue weighted by Gasteiger charge is -2.33. The van der Waals surface area contributed by atoms with Gasteiger partial charge in [-0.15, -0.1) is 0 Å². The van der Waals surface area contributed by atoms with E-state index in [2.05, 4.69) is 15.0 Å². The van der Waals surface area contributed by atoms with Gasteiger partial charge in [-0.3, -0.25) is 9.78 Å². The highest BCUT2D eigenvalue weighted by Gasteiger charge is 2.31. The van der Waals surface area contributed by atoms with E-state index >= 15 is 0 Å². The molecule has 4 rings (SSSR count). The number of aromatic nitrogens is 3. The van der Waals surface area contributed by atoms with Crippen LogP contribution in [0.1, 0.15) is 37.2 Å². The molecular formula is C19H19F3N4O. The Kier molecular flexibility index (Phi) is 4.49. The number of fused-ring (bicyclic) bond motifs is 3. The Morgan fingerprint density at radius 2 is 2.00 bits per heavy atom. The third-order valence-corrected chi connectivity index (χ3v) is 5.23. The maximum absolute atomic E-state index is 12.3. The first kappa shape index (κ1) is 17.8. The number of likely N-dealkylation sites (tertiary alicyclic amines) is 1. The normalized spacial score (nSPS) is 16.3. The molecule has 4 heterocycles. The van der Waals surface area contributed by atoms with Crippen LogP contribution in [0, 0.1) is 0 Å². The summed E-state index contributed by atoms with van der Waals surface area (Å²) in [5.41, 5.74) is 2.79. The zero-order valence-corrected chi connectivity index (χ0v) is 14.6. The third kappa shape index (κ3) is 3.61. The lowest BCUT2D eigenvalue weighted by Crippen LogP contribution is -2.38. The molecule has 27 heavy (non-hydrogen) atoms. The summed E-state index contributed by atoms with van der Waals surface area (Å²) >= 11 is 0. The molecule has 5 nitrogen and oxygen atoms in total. The van der Waals surface area contributed by atoms with E-state index in [1.54, 1.807) is 17.3 Å². The molecule has 3 aromatic rings. The van der Waals surface area contributed by atoms with Crippen molar-refractivity contribution in [1.29, 1.82) is 0 Å². The zero-order valence-electron chi connectivity index (χ0n) is 14.6. The van der Waals surface area contributed by atoms with Gasteiger partial charge in [0, 0.05) is 42.7 Å². The molecule has 1 aliphatic heterocycles. The minimum absolute atomic E-state index is 0.239. The molecule has 0 aromatic carbocycles. The van der Waals surface area contributed by atoms with E-state index in [1.807, 2.05) is 18.3 Å². The van der Waals surface area contributed by atoms with Gasteiger partial charge < -0.3 is 9.88 Å². The van der Waals surface area contributed by atoms with Crippen LogP contribution in [0.2, 0.25) is 0 Å². The summed E-state index contributed by atoms with van der Waals surface area (Å²) in [7, 11) is 0. The number of nitrogens with one attached hydrogen (secondary N) is 1. The summed E-state index contributed by atoms with van der Waals surface area (Å²) in [4.78, 5) is 25.5. The van der Waals surface area contributed by atoms with Crippen molar-refractivity contribution in [3.63, 3.8) is 0 Å². The van der Waals surface area contributed by atoms with Crippen LogP contribution in [0.15, 0.2) is 30.7 Å². The van der Waals surface area contributed by atoms with Gasteiger partial charge in [-0.25, -0.2) is 4.98 Å². The molecule has 1 saturated heterocycles. The summed E-state index contributed by atoms with van der Waals surface area (Å²) in [5.74, 6) is -0.176. The Hall–Kier alpha value is -2.64. The number of aromatic amines is 1. The van der Waals surface area contributed by atoms with Gasteiger partial charge in [0.2, 0.25) is 5.91 Å². The predicted octanol–water partition coefficient (Wildman–Crippen LogP) is 4.16. The van der Waals surface area contributed by atoms with Crippen molar-refractivity contribution in [1.82, 2.24) is 19.9 Å². The van der Waals surface area contributed by atoms with Crippen LogP contribution in [0.3, 0.4) is 0 Å². The molecular weight excluding hydrogens is 357 g/mol. The molecule has 1 aliphatic rings. The van der Waals surface area contributed by atoms with Crippen molar-refractivity contribution < 1.29 is 18.0 Å². The maximum Gasteiger partial charge on any atom is 0.389 e. The molecule has 1 N–H and O–H groups in total. The van der Waals surface area contributed by atoms with Crippen LogP contribution in [-0.2, 0) is 4.79 Å². The fourth-order valence-corrected chi connectivity index (χ4v) is 3.87. The fraction of sp³-hybridized carbons (Fsp3) is 0.421. The van der Waals surface area contributed by atoms with Crippen molar-refractivity contribution >= 4 is 27.8 Å². The summed E-state index contributed by atoms with van der Waals surface area (Å²) < 4.78 is 37.0. The van der Waals surface area contributed by atoms with Gasteiger partial charge in [0.1, 0.15) is 5.65 Å². The van der Waals surface area contributed by atoms with Crippen LogP contribution >= 0.6 is 0 Å². The van der Waals surface area contributed by atoms with E-state index in [1.165, 1.54) is 0 Å². The fourth-order valence-electron chi connectivity index (χ4n) is 3.87. The molecule has 142 valence electrons. The SMILES string of the molecule is O=C(CCC(F)(F)F)N1CCC(c2ccnc3cnc4[nH]ccc4c23)CC1. The smallest absolute Gasteiger partial charge is 0.346 e. The Morgan fingerprint density at radius 1 is 1.22 bits per heavy atom. The van der Waals surface area contributed by atoms with Crippen molar-refractivity contribution in [2.75, 3.05) is 13.1 Å². The van der Waals surface area contributed by atoms with E-state index < -0.39 is 24.9 Å². The summed E-state index contributed by atoms with van der Waals surface area (Å²) in [5, 5.41) is 2.07. The molecule has 3 aromatic heterocycles. The quantitative estimate of drug-likeness (QED) is 0.747. The van der Waals surface area contributed by atoms with Crippen molar-refractivity contribution in [3.8, 4) is 0 Å². The lowest BCUT2D eigenvalue weighted by atomic mass is 9.87. The maximum atomic E-state index is 12.3. The predicted molar refractivity (Wildman–Crippen MR) is 95.2 cm³/mol. The largest absolute Gasteiger partial charge is 0.389 e. The van der Waals surface area contributed by atoms with E-state index in [0.717, 1.165) is 40.3 Å². The van der Waals surface area contributed by atoms with Gasteiger partial charge in [-0.05, 0) is 36.5 Å².